The number of hydrogen-bond donors (Lipinski definition) is 17. The van der Waals surface area contributed by atoms with Crippen LogP contribution in [0.25, 0.3) is 11.1 Å². The van der Waals surface area contributed by atoms with Crippen LogP contribution in [0.3, 0.4) is 0 Å². The molecule has 4 aliphatic carbocycles. The molecule has 1 saturated heterocycles. The van der Waals surface area contributed by atoms with E-state index < -0.39 is 198 Å². The lowest BCUT2D eigenvalue weighted by atomic mass is 9.51. The number of ketones is 3. The zero-order chi connectivity index (χ0) is 85.8. The molecule has 15 bridgehead atoms. The van der Waals surface area contributed by atoms with E-state index in [0.717, 1.165) is 62.4 Å². The molecule has 34 heteroatoms. The van der Waals surface area contributed by atoms with Crippen LogP contribution < -0.4 is 72.0 Å². The van der Waals surface area contributed by atoms with Gasteiger partial charge in [-0.1, -0.05) is 62.2 Å². The van der Waals surface area contributed by atoms with Crippen LogP contribution in [0.4, 0.5) is 10.5 Å². The first-order valence-electron chi connectivity index (χ1n) is 40.4. The Labute approximate surface area is 701 Å². The highest BCUT2D eigenvalue weighted by Crippen LogP contribution is 2.58. The smallest absolute Gasteiger partial charge is 0.325 e. The number of amides is 7. The van der Waals surface area contributed by atoms with Crippen molar-refractivity contribution in [2.75, 3.05) is 52.3 Å². The van der Waals surface area contributed by atoms with Crippen LogP contribution in [0, 0.1) is 47.3 Å². The SMILES string of the molecule is CC[C@H](CC(C)C)C(=O)N[C@H]1C(=O)C[C@@H](CC(=O)NC(=O)Nc2cc(OCCNC)cc(OCCNC)c2)C(=O)N[C@H]2C(=O)C[C@H]3C(=O)N[C@H](C(=O)N[C@H](C(=O)CC4C5CC6CC(C5)CC4C6)c4cc(O)cc(O)c4-c4cc3ccc4O)[C@H](O)c3ccc(c(Cl)c3)Oc3cc2cc(c3O[C@@H]2O[C@H](CN)[C@@H](O)[C@H](O)[C@H]2O)Oc2ccc(cc2Cl)[C@H]1O. The Bertz CT molecular complexity index is 4840. The van der Waals surface area contributed by atoms with E-state index in [4.69, 9.17) is 57.4 Å². The van der Waals surface area contributed by atoms with Crippen molar-refractivity contribution in [2.45, 2.75) is 164 Å². The molecule has 14 atom stereocenters. The number of fused-ring (bicyclic) bond motifs is 15. The van der Waals surface area contributed by atoms with E-state index in [0.29, 0.717) is 31.3 Å². The minimum Gasteiger partial charge on any atom is -0.508 e. The number of hydrogen-bond acceptors (Lipinski definition) is 26. The van der Waals surface area contributed by atoms with Crippen LogP contribution in [-0.2, 0) is 43.1 Å². The normalized spacial score (nSPS) is 27.3. The van der Waals surface area contributed by atoms with Gasteiger partial charge in [-0.15, -0.1) is 0 Å². The van der Waals surface area contributed by atoms with Crippen LogP contribution in [0.15, 0.2) is 97.1 Å². The molecule has 4 saturated carbocycles. The molecule has 0 spiro atoms. The summed E-state index contributed by atoms with van der Waals surface area (Å²) >= 11 is 14.4. The number of benzene rings is 6. The highest BCUT2D eigenvalue weighted by molar-refractivity contribution is 6.32. The molecule has 0 unspecified atom stereocenters. The lowest BCUT2D eigenvalue weighted by molar-refractivity contribution is -0.270. The summed E-state index contributed by atoms with van der Waals surface area (Å²) in [5, 5.41) is 116. The number of aromatic hydroxyl groups is 3. The minimum absolute atomic E-state index is 0.0476. The first kappa shape index (κ1) is 87.6. The van der Waals surface area contributed by atoms with Crippen LogP contribution in [0.5, 0.6) is 57.5 Å². The first-order valence-corrected chi connectivity index (χ1v) is 41.2. The third-order valence-corrected chi connectivity index (χ3v) is 24.4. The lowest BCUT2D eigenvalue weighted by Crippen LogP contribution is -2.60. The van der Waals surface area contributed by atoms with Crippen molar-refractivity contribution in [3.63, 3.8) is 0 Å². The van der Waals surface area contributed by atoms with Gasteiger partial charge in [0, 0.05) is 92.3 Å². The van der Waals surface area contributed by atoms with Gasteiger partial charge >= 0.3 is 6.03 Å². The summed E-state index contributed by atoms with van der Waals surface area (Å²) in [4.78, 5) is 139. The number of carbonyl (C=O) groups excluding carboxylic acids is 9. The predicted octanol–water partition coefficient (Wildman–Crippen LogP) is 7.26. The number of Topliss-reactive ketones (excluding diaryl/α,β-unsaturated/α-hetero) is 3. The Hall–Kier alpha value is -10.2. The van der Waals surface area contributed by atoms with E-state index >= 15 is 28.8 Å². The second-order valence-electron chi connectivity index (χ2n) is 32.6. The average Bonchev–Trinajstić information content (AvgIpc) is 0.746. The summed E-state index contributed by atoms with van der Waals surface area (Å²) < 4.78 is 37.7. The van der Waals surface area contributed by atoms with Crippen LogP contribution in [0.2, 0.25) is 10.0 Å². The van der Waals surface area contributed by atoms with Gasteiger partial charge in [0.15, 0.2) is 28.8 Å². The second-order valence-corrected chi connectivity index (χ2v) is 33.5. The Balaban J connectivity index is 0.983. The molecule has 642 valence electrons. The van der Waals surface area contributed by atoms with E-state index in [1.807, 2.05) is 13.8 Å². The van der Waals surface area contributed by atoms with Gasteiger partial charge < -0.3 is 112 Å². The molecule has 5 fully saturated rings. The van der Waals surface area contributed by atoms with Crippen LogP contribution in [0.1, 0.15) is 149 Å². The number of phenolic OH excluding ortho intramolecular Hbond substituents is 3. The van der Waals surface area contributed by atoms with Crippen LogP contribution >= 0.6 is 23.2 Å². The third kappa shape index (κ3) is 19.5. The van der Waals surface area contributed by atoms with Crippen molar-refractivity contribution in [2.24, 2.45) is 53.1 Å². The number of ether oxygens (including phenoxy) is 6. The number of imide groups is 1. The Morgan fingerprint density at radius 1 is 0.633 bits per heavy atom. The minimum atomic E-state index is -2.23. The van der Waals surface area contributed by atoms with E-state index in [9.17, 15) is 55.2 Å². The number of carbonyl (C=O) groups is 9. The van der Waals surface area contributed by atoms with E-state index in [1.54, 1.807) is 27.1 Å². The highest BCUT2D eigenvalue weighted by atomic mass is 35.5. The van der Waals surface area contributed by atoms with Crippen molar-refractivity contribution < 1.29 is 112 Å². The maximum absolute atomic E-state index is 16.6. The fraction of sp³-hybridized carbons (Fsp3) is 0.477. The third-order valence-electron chi connectivity index (χ3n) is 23.8. The molecule has 6 aromatic carbocycles. The molecule has 18 N–H and O–H groups in total. The molecule has 120 heavy (non-hydrogen) atoms. The zero-order valence-corrected chi connectivity index (χ0v) is 68.1. The Kier molecular flexibility index (Phi) is 27.6. The maximum atomic E-state index is 16.6. The molecule has 0 aromatic heterocycles. The standard InChI is InChI=1S/C86H101Cl2N9O23/c1-6-41(17-38(2)3)81(110)96-73-61(101)26-48(29-69(104)93-86(114)92-49-30-51(115-15-13-90-4)34-52(31-49)116-16-14-91-5)82(111)94-71-47-27-66(117-64-11-8-43(75(73)105)24-57(64)87)80(120-85-79(109)78(108)77(107)68(37-89)119-85)67(28-47)118-65-12-9-44(25-58(65)88)76(106)74-84(113)95-72(63(103)35-53-45-19-39-18-40(21-45)22-46(53)20-39)56-32-50(98)33-60(100)70(56)55-23-42(7-10-59(55)99)54(36-62(71)102)83(112)97-74/h7-12,23-25,27-28,30-34,38-41,45-46,48,53-54,68,71-79,85,90-91,98-100,105-109H,6,13-22,26,29,35-37,89H2,1-5H3,(H,94,111)(H,95,113)(H,96,110)(H,97,112)(H2,92,93,104,114)/t39?,40?,41-,45?,46?,48+,53?,54-,68-,71-,72+,73+,74+,75-,76-,77-,78+,79-,85+/m1/s1. The number of rotatable bonds is 22. The van der Waals surface area contributed by atoms with Crippen molar-refractivity contribution in [1.82, 2.24) is 37.2 Å². The molecule has 0 radical (unpaired) electrons. The molecule has 7 amide bonds. The van der Waals surface area contributed by atoms with Gasteiger partial charge in [-0.2, -0.15) is 0 Å². The molecular formula is C86H101Cl2N9O23. The summed E-state index contributed by atoms with van der Waals surface area (Å²) in [7, 11) is 3.44. The van der Waals surface area contributed by atoms with Gasteiger partial charge in [0.1, 0.15) is 114 Å². The summed E-state index contributed by atoms with van der Waals surface area (Å²) in [5.74, 6) is -15.5. The Morgan fingerprint density at radius 2 is 1.25 bits per heavy atom. The zero-order valence-electron chi connectivity index (χ0n) is 66.6. The number of halogens is 2. The van der Waals surface area contributed by atoms with Gasteiger partial charge in [0.25, 0.3) is 0 Å². The molecule has 10 aliphatic rings. The number of nitrogens with one attached hydrogen (secondary N) is 8. The second kappa shape index (κ2) is 37.8. The number of urea groups is 1. The molecule has 6 aliphatic heterocycles. The summed E-state index contributed by atoms with van der Waals surface area (Å²) in [6.45, 7) is 6.30. The van der Waals surface area contributed by atoms with E-state index in [2.05, 4.69) is 42.5 Å². The number of aliphatic hydroxyl groups is 5. The summed E-state index contributed by atoms with van der Waals surface area (Å²) in [6, 6.07) is 10.5. The predicted molar refractivity (Wildman–Crippen MR) is 434 cm³/mol. The van der Waals surface area contributed by atoms with Gasteiger partial charge in [0.05, 0.1) is 21.9 Å². The molecule has 6 heterocycles. The summed E-state index contributed by atoms with van der Waals surface area (Å²) in [6.07, 6.45) is -11.4. The van der Waals surface area contributed by atoms with Gasteiger partial charge in [-0.05, 0) is 177 Å². The monoisotopic (exact) mass is 1700 g/mol. The summed E-state index contributed by atoms with van der Waals surface area (Å²) in [5.41, 5.74) is 4.50. The largest absolute Gasteiger partial charge is 0.508 e. The van der Waals surface area contributed by atoms with E-state index in [1.165, 1.54) is 60.7 Å². The fourth-order valence-electron chi connectivity index (χ4n) is 18.0. The van der Waals surface area contributed by atoms with Crippen LogP contribution in [-0.4, -0.2) is 184 Å². The number of anilines is 1. The van der Waals surface area contributed by atoms with Gasteiger partial charge in [-0.3, -0.25) is 43.7 Å². The highest BCUT2D eigenvalue weighted by Gasteiger charge is 2.51. The Morgan fingerprint density at radius 3 is 1.84 bits per heavy atom. The quantitative estimate of drug-likeness (QED) is 0.0297. The van der Waals surface area contributed by atoms with E-state index in [-0.39, 0.29) is 127 Å². The molecule has 32 nitrogen and oxygen atoms in total. The van der Waals surface area contributed by atoms with Crippen molar-refractivity contribution in [1.29, 1.82) is 0 Å². The lowest BCUT2D eigenvalue weighted by Gasteiger charge is -2.54. The topological polar surface area (TPSA) is 493 Å². The number of phenols is 3. The molecule has 6 aromatic rings. The molecular weight excluding hydrogens is 1600 g/mol. The van der Waals surface area contributed by atoms with Crippen molar-refractivity contribution >= 4 is 81.8 Å². The fourth-order valence-corrected chi connectivity index (χ4v) is 18.4. The first-order chi connectivity index (χ1) is 57.4. The van der Waals surface area contributed by atoms with Gasteiger partial charge in [-0.25, -0.2) is 4.79 Å². The number of likely N-dealkylation sites (N-methyl/N-ethyl adjacent to an activating group) is 2. The number of nitrogens with two attached hydrogens (primary N) is 1. The van der Waals surface area contributed by atoms with Crippen molar-refractivity contribution in [3.8, 4) is 68.6 Å². The molecule has 16 rings (SSSR count). The maximum Gasteiger partial charge on any atom is 0.325 e. The average molecular weight is 1700 g/mol. The van der Waals surface area contributed by atoms with Gasteiger partial charge in [0.2, 0.25) is 41.6 Å². The van der Waals surface area contributed by atoms with Crippen molar-refractivity contribution in [3.05, 3.63) is 135 Å². The number of aliphatic hydroxyl groups excluding tert-OH is 5.